The lowest BCUT2D eigenvalue weighted by atomic mass is 9.86. The minimum Gasteiger partial charge on any atom is -0.504 e. The van der Waals surface area contributed by atoms with Gasteiger partial charge in [0.1, 0.15) is 11.5 Å². The minimum atomic E-state index is -0.00935. The molecular formula is C62H62Cl2N2O4S2. The number of unbranched alkanes of at least 4 members (excludes halogenated alkanes) is 3. The van der Waals surface area contributed by atoms with E-state index < -0.39 is 0 Å². The summed E-state index contributed by atoms with van der Waals surface area (Å²) in [6.45, 7) is 18.6. The topological polar surface area (TPSA) is 68.8 Å². The second-order valence-corrected chi connectivity index (χ2v) is 23.9. The molecule has 0 aliphatic rings. The zero-order valence-electron chi connectivity index (χ0n) is 42.4. The molecule has 2 N–H and O–H groups in total. The van der Waals surface area contributed by atoms with Gasteiger partial charge in [0.05, 0.1) is 56.4 Å². The molecule has 0 saturated carbocycles. The van der Waals surface area contributed by atoms with E-state index in [1.165, 1.54) is 75.0 Å². The molecule has 10 heteroatoms. The Balaban J connectivity index is 0.864. The van der Waals surface area contributed by atoms with Crippen molar-refractivity contribution in [2.75, 3.05) is 13.2 Å². The molecule has 4 heterocycles. The lowest BCUT2D eigenvalue weighted by Crippen LogP contribution is -2.10. The molecule has 0 aliphatic carbocycles. The molecule has 0 atom stereocenters. The Morgan fingerprint density at radius 2 is 0.958 bits per heavy atom. The Labute approximate surface area is 441 Å². The summed E-state index contributed by atoms with van der Waals surface area (Å²) in [7, 11) is 0. The van der Waals surface area contributed by atoms with Gasteiger partial charge < -0.3 is 28.8 Å². The van der Waals surface area contributed by atoms with Crippen molar-refractivity contribution in [3.05, 3.63) is 152 Å². The smallest absolute Gasteiger partial charge is 0.158 e. The number of aromatic nitrogens is 2. The molecule has 0 spiro atoms. The van der Waals surface area contributed by atoms with Gasteiger partial charge >= 0.3 is 0 Å². The molecule has 0 radical (unpaired) electrons. The summed E-state index contributed by atoms with van der Waals surface area (Å²) in [6, 6.07) is 37.9. The fourth-order valence-electron chi connectivity index (χ4n) is 9.95. The molecule has 0 saturated heterocycles. The van der Waals surface area contributed by atoms with Gasteiger partial charge in [0, 0.05) is 53.5 Å². The molecule has 6 aromatic carbocycles. The van der Waals surface area contributed by atoms with Crippen LogP contribution < -0.4 is 9.47 Å². The van der Waals surface area contributed by atoms with Crippen LogP contribution in [-0.4, -0.2) is 32.6 Å². The van der Waals surface area contributed by atoms with Crippen LogP contribution in [0.5, 0.6) is 23.0 Å². The standard InChI is InChI=1S/C62H62Cl2N2O4S2/c1-9-10-11-14-38-16-24-50-46(30-38)48-32-40(62(6,7)8)18-26-52(48)66(50)54-36-72-60(58(54)68)44-22-20-42(64)34-56(44)70-28-13-12-27-69-55-33-41(63)19-21-43(55)59-57(67)53(35-71-59)65-49-23-15-37(2)29-45(49)47-31-39(61(3,4)5)17-25-51(47)65/h15-26,29-36,67-68H,9-14,27-28H2,1-8H3. The largest absolute Gasteiger partial charge is 0.504 e. The molecule has 6 nitrogen and oxygen atoms in total. The van der Waals surface area contributed by atoms with Gasteiger partial charge in [0.2, 0.25) is 0 Å². The second-order valence-electron chi connectivity index (χ2n) is 21.2. The lowest BCUT2D eigenvalue weighted by molar-refractivity contribution is 0.267. The highest BCUT2D eigenvalue weighted by atomic mass is 35.5. The van der Waals surface area contributed by atoms with Crippen molar-refractivity contribution in [3.63, 3.8) is 0 Å². The van der Waals surface area contributed by atoms with E-state index in [4.69, 9.17) is 32.7 Å². The number of aryl methyl sites for hydroxylation is 2. The van der Waals surface area contributed by atoms with E-state index in [1.54, 1.807) is 0 Å². The molecule has 0 amide bonds. The molecule has 72 heavy (non-hydrogen) atoms. The Morgan fingerprint density at radius 3 is 1.43 bits per heavy atom. The van der Waals surface area contributed by atoms with Crippen LogP contribution in [0.1, 0.15) is 103 Å². The van der Waals surface area contributed by atoms with Gasteiger partial charge in [-0.25, -0.2) is 0 Å². The molecule has 0 unspecified atom stereocenters. The van der Waals surface area contributed by atoms with Crippen LogP contribution in [0.4, 0.5) is 0 Å². The van der Waals surface area contributed by atoms with Crippen LogP contribution in [0.25, 0.3) is 75.9 Å². The summed E-state index contributed by atoms with van der Waals surface area (Å²) in [5.74, 6) is 1.60. The molecular weight excluding hydrogens is 972 g/mol. The highest BCUT2D eigenvalue weighted by Crippen LogP contribution is 2.49. The number of ether oxygens (including phenoxy) is 2. The third-order valence-electron chi connectivity index (χ3n) is 14.0. The summed E-state index contributed by atoms with van der Waals surface area (Å²) in [4.78, 5) is 1.43. The maximum atomic E-state index is 12.2. The summed E-state index contributed by atoms with van der Waals surface area (Å²) < 4.78 is 17.3. The van der Waals surface area contributed by atoms with Gasteiger partial charge in [-0.3, -0.25) is 0 Å². The Morgan fingerprint density at radius 1 is 0.514 bits per heavy atom. The van der Waals surface area contributed by atoms with Gasteiger partial charge in [-0.1, -0.05) is 114 Å². The monoisotopic (exact) mass is 1030 g/mol. The first-order valence-corrected chi connectivity index (χ1v) is 27.6. The number of hydrogen-bond acceptors (Lipinski definition) is 6. The van der Waals surface area contributed by atoms with E-state index in [-0.39, 0.29) is 22.3 Å². The van der Waals surface area contributed by atoms with Crippen LogP contribution in [0.15, 0.2) is 120 Å². The molecule has 10 aromatic rings. The number of halogens is 2. The summed E-state index contributed by atoms with van der Waals surface area (Å²) >= 11 is 16.1. The summed E-state index contributed by atoms with van der Waals surface area (Å²) in [5, 5.41) is 34.1. The van der Waals surface area contributed by atoms with E-state index in [0.29, 0.717) is 57.4 Å². The predicted octanol–water partition coefficient (Wildman–Crippen LogP) is 18.9. The SMILES string of the molecule is CCCCCc1ccc2c(c1)c1cc(C(C)(C)C)ccc1n2-c1csc(-c2ccc(Cl)cc2OCCCCOc2cc(Cl)ccc2-c2scc(-n3c4ccc(C)cc4c4cc(C(C)(C)C)ccc43)c2O)c1O. The van der Waals surface area contributed by atoms with Crippen LogP contribution in [0.2, 0.25) is 10.0 Å². The maximum Gasteiger partial charge on any atom is 0.158 e. The van der Waals surface area contributed by atoms with Crippen molar-refractivity contribution in [2.45, 2.75) is 105 Å². The zero-order valence-corrected chi connectivity index (χ0v) is 45.5. The van der Waals surface area contributed by atoms with Crippen molar-refractivity contribution < 1.29 is 19.7 Å². The number of nitrogens with zero attached hydrogens (tertiary/aromatic N) is 2. The lowest BCUT2D eigenvalue weighted by Gasteiger charge is -2.19. The normalized spacial score (nSPS) is 12.3. The minimum absolute atomic E-state index is 0.00523. The first kappa shape index (κ1) is 49.7. The predicted molar refractivity (Wildman–Crippen MR) is 307 cm³/mol. The van der Waals surface area contributed by atoms with E-state index in [1.807, 2.05) is 47.2 Å². The number of rotatable bonds is 15. The molecule has 0 fully saturated rings. The molecule has 10 rings (SSSR count). The van der Waals surface area contributed by atoms with Crippen LogP contribution in [0.3, 0.4) is 0 Å². The zero-order chi connectivity index (χ0) is 50.6. The molecule has 370 valence electrons. The fourth-order valence-corrected chi connectivity index (χ4v) is 12.2. The van der Waals surface area contributed by atoms with Gasteiger partial charge in [-0.15, -0.1) is 22.7 Å². The van der Waals surface area contributed by atoms with Crippen LogP contribution in [0, 0.1) is 6.92 Å². The van der Waals surface area contributed by atoms with E-state index >= 15 is 0 Å². The van der Waals surface area contributed by atoms with Gasteiger partial charge in [-0.2, -0.15) is 0 Å². The third kappa shape index (κ3) is 9.48. The fraction of sp³-hybridized carbons (Fsp3) is 0.290. The number of thiophene rings is 2. The van der Waals surface area contributed by atoms with Crippen molar-refractivity contribution in [1.29, 1.82) is 0 Å². The first-order valence-electron chi connectivity index (χ1n) is 25.1. The van der Waals surface area contributed by atoms with Crippen molar-refractivity contribution in [2.24, 2.45) is 0 Å². The Kier molecular flexibility index (Phi) is 13.7. The molecule has 4 aromatic heterocycles. The van der Waals surface area contributed by atoms with Gasteiger partial charge in [0.15, 0.2) is 11.5 Å². The quantitative estimate of drug-likeness (QED) is 0.100. The number of benzene rings is 6. The summed E-state index contributed by atoms with van der Waals surface area (Å²) in [5.41, 5.74) is 12.3. The van der Waals surface area contributed by atoms with Gasteiger partial charge in [0.25, 0.3) is 0 Å². The Bertz CT molecular complexity index is 3660. The highest BCUT2D eigenvalue weighted by Gasteiger charge is 2.26. The average molecular weight is 1030 g/mol. The maximum absolute atomic E-state index is 12.2. The van der Waals surface area contributed by atoms with Crippen LogP contribution in [-0.2, 0) is 17.3 Å². The summed E-state index contributed by atoms with van der Waals surface area (Å²) in [6.07, 6.45) is 6.00. The third-order valence-corrected chi connectivity index (χ3v) is 16.4. The van der Waals surface area contributed by atoms with E-state index in [2.05, 4.69) is 137 Å². The number of aromatic hydroxyl groups is 2. The average Bonchev–Trinajstić information content (AvgIpc) is 4.09. The Hall–Kier alpha value is -5.90. The molecule has 0 bridgehead atoms. The van der Waals surface area contributed by atoms with Crippen LogP contribution >= 0.6 is 45.9 Å². The van der Waals surface area contributed by atoms with E-state index in [0.717, 1.165) is 61.8 Å². The van der Waals surface area contributed by atoms with Crippen molar-refractivity contribution in [1.82, 2.24) is 9.13 Å². The first-order chi connectivity index (χ1) is 34.5. The number of hydrogen-bond donors (Lipinski definition) is 2. The van der Waals surface area contributed by atoms with Crippen molar-refractivity contribution >= 4 is 89.5 Å². The highest BCUT2D eigenvalue weighted by molar-refractivity contribution is 7.14. The second kappa shape index (κ2) is 19.8. The van der Waals surface area contributed by atoms with E-state index in [9.17, 15) is 10.2 Å². The van der Waals surface area contributed by atoms with Crippen molar-refractivity contribution in [3.8, 4) is 55.3 Å². The molecule has 0 aliphatic heterocycles. The van der Waals surface area contributed by atoms with Gasteiger partial charge in [-0.05, 0) is 145 Å². The number of fused-ring (bicyclic) bond motifs is 6.